The van der Waals surface area contributed by atoms with E-state index in [1.165, 1.54) is 5.39 Å². The van der Waals surface area contributed by atoms with E-state index in [1.807, 2.05) is 19.1 Å². The highest BCUT2D eigenvalue weighted by atomic mass is 16.2. The van der Waals surface area contributed by atoms with Gasteiger partial charge in [0.2, 0.25) is 5.91 Å². The number of hydrogen-bond acceptors (Lipinski definition) is 3. The zero-order valence-corrected chi connectivity index (χ0v) is 13.9. The first-order valence-corrected chi connectivity index (χ1v) is 8.37. The fourth-order valence-electron chi connectivity index (χ4n) is 4.07. The molecule has 1 amide bonds. The van der Waals surface area contributed by atoms with E-state index in [0.717, 1.165) is 29.9 Å². The Balaban J connectivity index is 1.64. The summed E-state index contributed by atoms with van der Waals surface area (Å²) in [6.07, 6.45) is 0. The van der Waals surface area contributed by atoms with Crippen LogP contribution < -0.4 is 10.6 Å². The number of piperidine rings is 1. The van der Waals surface area contributed by atoms with Crippen molar-refractivity contribution < 1.29 is 4.79 Å². The molecule has 4 heteroatoms. The standard InChI is InChI=1S/C19H23N3O/c1-11-8-12-6-4-5-7-13(12)17(21-11)19(2,3)22-18(23)16-14-9-20-10-15(14)16/h4-8,14-16,20H,9-10H2,1-3H3,(H,22,23)/t14-,15+,16?. The van der Waals surface area contributed by atoms with Crippen molar-refractivity contribution in [2.75, 3.05) is 13.1 Å². The van der Waals surface area contributed by atoms with Crippen molar-refractivity contribution in [2.45, 2.75) is 26.3 Å². The normalized spacial score (nSPS) is 26.1. The number of carbonyl (C=O) groups is 1. The Bertz CT molecular complexity index is 773. The molecule has 23 heavy (non-hydrogen) atoms. The van der Waals surface area contributed by atoms with Gasteiger partial charge in [0.25, 0.3) is 0 Å². The zero-order chi connectivity index (χ0) is 16.2. The molecule has 2 fully saturated rings. The Kier molecular flexibility index (Phi) is 3.20. The van der Waals surface area contributed by atoms with Crippen molar-refractivity contribution in [3.05, 3.63) is 41.7 Å². The Hall–Kier alpha value is -1.94. The predicted molar refractivity (Wildman–Crippen MR) is 91.0 cm³/mol. The van der Waals surface area contributed by atoms with E-state index in [2.05, 4.69) is 42.7 Å². The van der Waals surface area contributed by atoms with Crippen molar-refractivity contribution in [3.63, 3.8) is 0 Å². The molecule has 1 saturated carbocycles. The lowest BCUT2D eigenvalue weighted by Crippen LogP contribution is -2.43. The summed E-state index contributed by atoms with van der Waals surface area (Å²) in [5, 5.41) is 8.88. The number of benzene rings is 1. The average Bonchev–Trinajstić information content (AvgIpc) is 2.99. The number of nitrogens with zero attached hydrogens (tertiary/aromatic N) is 1. The van der Waals surface area contributed by atoms with Crippen molar-refractivity contribution in [1.82, 2.24) is 15.6 Å². The number of nitrogens with one attached hydrogen (secondary N) is 2. The molecule has 4 nitrogen and oxygen atoms in total. The summed E-state index contributed by atoms with van der Waals surface area (Å²) in [4.78, 5) is 17.4. The zero-order valence-electron chi connectivity index (χ0n) is 13.9. The largest absolute Gasteiger partial charge is 0.345 e. The second-order valence-corrected chi connectivity index (χ2v) is 7.46. The Morgan fingerprint density at radius 1 is 1.26 bits per heavy atom. The summed E-state index contributed by atoms with van der Waals surface area (Å²) in [6, 6.07) is 10.3. The van der Waals surface area contributed by atoms with Gasteiger partial charge in [-0.2, -0.15) is 0 Å². The van der Waals surface area contributed by atoms with Crippen LogP contribution in [-0.2, 0) is 10.3 Å². The molecule has 4 rings (SSSR count). The molecule has 2 aromatic rings. The molecule has 0 bridgehead atoms. The maximum atomic E-state index is 12.7. The third-order valence-corrected chi connectivity index (χ3v) is 5.29. The van der Waals surface area contributed by atoms with Gasteiger partial charge < -0.3 is 10.6 Å². The summed E-state index contributed by atoms with van der Waals surface area (Å²) < 4.78 is 0. The molecule has 1 aliphatic heterocycles. The molecule has 1 aliphatic carbocycles. The molecule has 0 radical (unpaired) electrons. The second-order valence-electron chi connectivity index (χ2n) is 7.46. The maximum absolute atomic E-state index is 12.7. The molecule has 2 heterocycles. The second kappa shape index (κ2) is 5.03. The lowest BCUT2D eigenvalue weighted by Gasteiger charge is -2.28. The van der Waals surface area contributed by atoms with E-state index in [-0.39, 0.29) is 11.8 Å². The average molecular weight is 309 g/mol. The van der Waals surface area contributed by atoms with Gasteiger partial charge >= 0.3 is 0 Å². The van der Waals surface area contributed by atoms with Gasteiger partial charge in [0.15, 0.2) is 0 Å². The van der Waals surface area contributed by atoms with Crippen LogP contribution in [0.4, 0.5) is 0 Å². The van der Waals surface area contributed by atoms with Gasteiger partial charge in [-0.3, -0.25) is 9.78 Å². The van der Waals surface area contributed by atoms with Gasteiger partial charge in [-0.1, -0.05) is 24.3 Å². The first kappa shape index (κ1) is 14.6. The van der Waals surface area contributed by atoms with Gasteiger partial charge in [0, 0.05) is 17.0 Å². The number of fused-ring (bicyclic) bond motifs is 2. The van der Waals surface area contributed by atoms with Crippen LogP contribution in [0.1, 0.15) is 25.2 Å². The molecular weight excluding hydrogens is 286 g/mol. The summed E-state index contributed by atoms with van der Waals surface area (Å²) >= 11 is 0. The van der Waals surface area contributed by atoms with E-state index in [0.29, 0.717) is 11.8 Å². The Morgan fingerprint density at radius 2 is 1.96 bits per heavy atom. The first-order valence-electron chi connectivity index (χ1n) is 8.37. The number of hydrogen-bond donors (Lipinski definition) is 2. The van der Waals surface area contributed by atoms with Crippen LogP contribution in [0, 0.1) is 24.7 Å². The molecule has 1 saturated heterocycles. The molecule has 0 spiro atoms. The molecule has 2 aliphatic rings. The number of aryl methyl sites for hydroxylation is 1. The highest BCUT2D eigenvalue weighted by molar-refractivity contribution is 5.87. The van der Waals surface area contributed by atoms with Crippen molar-refractivity contribution in [2.24, 2.45) is 17.8 Å². The minimum atomic E-state index is -0.479. The molecule has 120 valence electrons. The minimum Gasteiger partial charge on any atom is -0.345 e. The molecular formula is C19H23N3O. The lowest BCUT2D eigenvalue weighted by molar-refractivity contribution is -0.124. The minimum absolute atomic E-state index is 0.180. The molecule has 1 aromatic heterocycles. The van der Waals surface area contributed by atoms with E-state index >= 15 is 0 Å². The summed E-state index contributed by atoms with van der Waals surface area (Å²) in [5.41, 5.74) is 1.45. The van der Waals surface area contributed by atoms with E-state index in [1.54, 1.807) is 0 Å². The third-order valence-electron chi connectivity index (χ3n) is 5.29. The number of pyridine rings is 1. The van der Waals surface area contributed by atoms with Crippen molar-refractivity contribution in [3.8, 4) is 0 Å². The van der Waals surface area contributed by atoms with Crippen LogP contribution in [0.15, 0.2) is 30.3 Å². The monoisotopic (exact) mass is 309 g/mol. The fraction of sp³-hybridized carbons (Fsp3) is 0.474. The van der Waals surface area contributed by atoms with Crippen LogP contribution in [0.5, 0.6) is 0 Å². The van der Waals surface area contributed by atoms with Gasteiger partial charge in [-0.05, 0) is 57.1 Å². The molecule has 1 unspecified atom stereocenters. The lowest BCUT2D eigenvalue weighted by atomic mass is 9.93. The fourth-order valence-corrected chi connectivity index (χ4v) is 4.07. The van der Waals surface area contributed by atoms with Crippen LogP contribution in [0.25, 0.3) is 10.8 Å². The van der Waals surface area contributed by atoms with Gasteiger partial charge in [0.1, 0.15) is 0 Å². The highest BCUT2D eigenvalue weighted by Gasteiger charge is 2.57. The number of aromatic nitrogens is 1. The first-order chi connectivity index (χ1) is 11.0. The predicted octanol–water partition coefficient (Wildman–Crippen LogP) is 2.36. The highest BCUT2D eigenvalue weighted by Crippen LogP contribution is 2.49. The number of amides is 1. The third kappa shape index (κ3) is 2.41. The molecule has 1 aromatic carbocycles. The van der Waals surface area contributed by atoms with E-state index in [4.69, 9.17) is 4.98 Å². The SMILES string of the molecule is Cc1cc2ccccc2c(C(C)(C)NC(=O)C2[C@H]3CNC[C@@H]23)n1. The summed E-state index contributed by atoms with van der Waals surface area (Å²) in [7, 11) is 0. The van der Waals surface area contributed by atoms with Crippen molar-refractivity contribution >= 4 is 16.7 Å². The number of rotatable bonds is 3. The van der Waals surface area contributed by atoms with Gasteiger partial charge in [-0.25, -0.2) is 0 Å². The van der Waals surface area contributed by atoms with Crippen LogP contribution in [0.3, 0.4) is 0 Å². The Labute approximate surface area is 136 Å². The van der Waals surface area contributed by atoms with E-state index < -0.39 is 5.54 Å². The summed E-state index contributed by atoms with van der Waals surface area (Å²) in [6.45, 7) is 8.07. The Morgan fingerprint density at radius 3 is 2.70 bits per heavy atom. The van der Waals surface area contributed by atoms with Gasteiger partial charge in [0.05, 0.1) is 11.2 Å². The quantitative estimate of drug-likeness (QED) is 0.915. The number of carbonyl (C=O) groups excluding carboxylic acids is 1. The smallest absolute Gasteiger partial charge is 0.224 e. The van der Waals surface area contributed by atoms with Gasteiger partial charge in [-0.15, -0.1) is 0 Å². The van der Waals surface area contributed by atoms with Crippen molar-refractivity contribution in [1.29, 1.82) is 0 Å². The maximum Gasteiger partial charge on any atom is 0.224 e. The molecule has 2 N–H and O–H groups in total. The van der Waals surface area contributed by atoms with Crippen LogP contribution in [0.2, 0.25) is 0 Å². The topological polar surface area (TPSA) is 54.0 Å². The van der Waals surface area contributed by atoms with Crippen LogP contribution >= 0.6 is 0 Å². The van der Waals surface area contributed by atoms with Crippen LogP contribution in [-0.4, -0.2) is 24.0 Å². The summed E-state index contributed by atoms with van der Waals surface area (Å²) in [5.74, 6) is 1.44. The van der Waals surface area contributed by atoms with E-state index in [9.17, 15) is 4.79 Å². The molecule has 3 atom stereocenters.